The molecule has 18 heavy (non-hydrogen) atoms. The number of nitrogens with one attached hydrogen (secondary N) is 2. The molecule has 0 bridgehead atoms. The fourth-order valence-electron chi connectivity index (χ4n) is 1.66. The highest BCUT2D eigenvalue weighted by atomic mass is 16.5. The Balaban J connectivity index is 2.20. The minimum Gasteiger partial charge on any atom is -0.351 e. The van der Waals surface area contributed by atoms with E-state index in [9.17, 15) is 4.79 Å². The number of nitrogens with zero attached hydrogens (tertiary/aromatic N) is 2. The standard InChI is InChI=1S/C12H16N4O2/c1-3-10-9-6-8(7-15-12(9)18-16-10)11(17)14-5-4-13-2/h6-7,13H,3-5H2,1-2H3,(H,14,17). The minimum absolute atomic E-state index is 0.136. The number of carbonyl (C=O) groups is 1. The van der Waals surface area contributed by atoms with Gasteiger partial charge in [-0.25, -0.2) is 4.98 Å². The Morgan fingerprint density at radius 1 is 1.44 bits per heavy atom. The molecule has 1 amide bonds. The highest BCUT2D eigenvalue weighted by Gasteiger charge is 2.12. The number of rotatable bonds is 5. The van der Waals surface area contributed by atoms with Gasteiger partial charge in [-0.2, -0.15) is 0 Å². The first-order chi connectivity index (χ1) is 8.76. The summed E-state index contributed by atoms with van der Waals surface area (Å²) in [7, 11) is 1.84. The average Bonchev–Trinajstić information content (AvgIpc) is 2.80. The highest BCUT2D eigenvalue weighted by molar-refractivity contribution is 5.96. The highest BCUT2D eigenvalue weighted by Crippen LogP contribution is 2.17. The van der Waals surface area contributed by atoms with Crippen LogP contribution in [0.15, 0.2) is 16.8 Å². The van der Waals surface area contributed by atoms with E-state index in [4.69, 9.17) is 4.52 Å². The van der Waals surface area contributed by atoms with E-state index in [1.165, 1.54) is 6.20 Å². The summed E-state index contributed by atoms with van der Waals surface area (Å²) in [6.07, 6.45) is 2.25. The van der Waals surface area contributed by atoms with Gasteiger partial charge in [0, 0.05) is 19.3 Å². The second-order valence-electron chi connectivity index (χ2n) is 3.92. The lowest BCUT2D eigenvalue weighted by molar-refractivity contribution is 0.0954. The van der Waals surface area contributed by atoms with E-state index in [0.717, 1.165) is 24.0 Å². The molecule has 0 aliphatic carbocycles. The van der Waals surface area contributed by atoms with Crippen LogP contribution in [0.5, 0.6) is 0 Å². The molecule has 0 fully saturated rings. The van der Waals surface area contributed by atoms with Crippen LogP contribution in [0.3, 0.4) is 0 Å². The number of aryl methyl sites for hydroxylation is 1. The molecular formula is C12H16N4O2. The van der Waals surface area contributed by atoms with Crippen LogP contribution >= 0.6 is 0 Å². The van der Waals surface area contributed by atoms with Gasteiger partial charge in [0.25, 0.3) is 11.6 Å². The minimum atomic E-state index is -0.136. The van der Waals surface area contributed by atoms with Crippen molar-refractivity contribution in [2.45, 2.75) is 13.3 Å². The van der Waals surface area contributed by atoms with Gasteiger partial charge >= 0.3 is 0 Å². The van der Waals surface area contributed by atoms with E-state index in [0.29, 0.717) is 17.8 Å². The Morgan fingerprint density at radius 3 is 3.00 bits per heavy atom. The molecule has 2 rings (SSSR count). The summed E-state index contributed by atoms with van der Waals surface area (Å²) in [5.74, 6) is -0.136. The van der Waals surface area contributed by atoms with Crippen LogP contribution in [0, 0.1) is 0 Å². The summed E-state index contributed by atoms with van der Waals surface area (Å²) in [5.41, 5.74) is 1.82. The van der Waals surface area contributed by atoms with E-state index in [1.807, 2.05) is 14.0 Å². The number of hydrogen-bond acceptors (Lipinski definition) is 5. The topological polar surface area (TPSA) is 80.0 Å². The SMILES string of the molecule is CCc1noc2ncc(C(=O)NCCNC)cc12. The van der Waals surface area contributed by atoms with Gasteiger partial charge in [-0.05, 0) is 19.5 Å². The number of pyridine rings is 1. The molecule has 0 aromatic carbocycles. The zero-order valence-corrected chi connectivity index (χ0v) is 10.5. The van der Waals surface area contributed by atoms with Crippen molar-refractivity contribution in [1.82, 2.24) is 20.8 Å². The maximum atomic E-state index is 11.9. The van der Waals surface area contributed by atoms with Crippen molar-refractivity contribution >= 4 is 17.0 Å². The molecule has 0 atom stereocenters. The van der Waals surface area contributed by atoms with Gasteiger partial charge in [0.05, 0.1) is 16.6 Å². The van der Waals surface area contributed by atoms with E-state index < -0.39 is 0 Å². The summed E-state index contributed by atoms with van der Waals surface area (Å²) >= 11 is 0. The van der Waals surface area contributed by atoms with Crippen molar-refractivity contribution in [3.8, 4) is 0 Å². The molecular weight excluding hydrogens is 232 g/mol. The summed E-state index contributed by atoms with van der Waals surface area (Å²) < 4.78 is 5.07. The lowest BCUT2D eigenvalue weighted by Gasteiger charge is -2.04. The third kappa shape index (κ3) is 2.48. The molecule has 0 saturated carbocycles. The zero-order chi connectivity index (χ0) is 13.0. The maximum Gasteiger partial charge on any atom is 0.257 e. The molecule has 2 aromatic rings. The third-order valence-electron chi connectivity index (χ3n) is 2.66. The van der Waals surface area contributed by atoms with Crippen molar-refractivity contribution < 1.29 is 9.32 Å². The Kier molecular flexibility index (Phi) is 3.88. The fourth-order valence-corrected chi connectivity index (χ4v) is 1.66. The zero-order valence-electron chi connectivity index (χ0n) is 10.5. The van der Waals surface area contributed by atoms with E-state index in [2.05, 4.69) is 20.8 Å². The van der Waals surface area contributed by atoms with Crippen LogP contribution < -0.4 is 10.6 Å². The van der Waals surface area contributed by atoms with E-state index >= 15 is 0 Å². The van der Waals surface area contributed by atoms with Crippen LogP contribution in [0.4, 0.5) is 0 Å². The smallest absolute Gasteiger partial charge is 0.257 e. The van der Waals surface area contributed by atoms with Gasteiger partial charge in [0.15, 0.2) is 0 Å². The molecule has 6 nitrogen and oxygen atoms in total. The molecule has 0 spiro atoms. The van der Waals surface area contributed by atoms with Crippen LogP contribution in [0.1, 0.15) is 23.0 Å². The molecule has 0 radical (unpaired) electrons. The third-order valence-corrected chi connectivity index (χ3v) is 2.66. The van der Waals surface area contributed by atoms with Gasteiger partial charge in [-0.3, -0.25) is 4.79 Å². The van der Waals surface area contributed by atoms with E-state index in [1.54, 1.807) is 6.07 Å². The predicted octanol–water partition coefficient (Wildman–Crippen LogP) is 0.734. The average molecular weight is 248 g/mol. The summed E-state index contributed by atoms with van der Waals surface area (Å²) in [5, 5.41) is 10.5. The second kappa shape index (κ2) is 5.59. The Hall–Kier alpha value is -1.95. The maximum absolute atomic E-state index is 11.9. The van der Waals surface area contributed by atoms with Gasteiger partial charge in [0.2, 0.25) is 0 Å². The normalized spacial score (nSPS) is 10.8. The summed E-state index contributed by atoms with van der Waals surface area (Å²) in [6.45, 7) is 3.30. The first-order valence-corrected chi connectivity index (χ1v) is 5.93. The molecule has 0 unspecified atom stereocenters. The fraction of sp³-hybridized carbons (Fsp3) is 0.417. The Morgan fingerprint density at radius 2 is 2.28 bits per heavy atom. The Labute approximate surface area is 105 Å². The molecule has 0 saturated heterocycles. The van der Waals surface area contributed by atoms with Gasteiger partial charge < -0.3 is 15.2 Å². The van der Waals surface area contributed by atoms with Gasteiger partial charge in [-0.1, -0.05) is 12.1 Å². The first-order valence-electron chi connectivity index (χ1n) is 5.93. The summed E-state index contributed by atoms with van der Waals surface area (Å²) in [6, 6.07) is 1.77. The number of hydrogen-bond donors (Lipinski definition) is 2. The van der Waals surface area contributed by atoms with Crippen molar-refractivity contribution in [2.75, 3.05) is 20.1 Å². The van der Waals surface area contributed by atoms with Crippen LogP contribution in [-0.4, -0.2) is 36.2 Å². The number of carbonyl (C=O) groups excluding carboxylic acids is 1. The van der Waals surface area contributed by atoms with Gasteiger partial charge in [0.1, 0.15) is 0 Å². The number of aromatic nitrogens is 2. The number of amides is 1. The second-order valence-corrected chi connectivity index (χ2v) is 3.92. The predicted molar refractivity (Wildman–Crippen MR) is 67.4 cm³/mol. The van der Waals surface area contributed by atoms with Crippen molar-refractivity contribution in [3.05, 3.63) is 23.5 Å². The summed E-state index contributed by atoms with van der Waals surface area (Å²) in [4.78, 5) is 15.9. The molecule has 0 aliphatic rings. The van der Waals surface area contributed by atoms with Crippen LogP contribution in [-0.2, 0) is 6.42 Å². The largest absolute Gasteiger partial charge is 0.351 e. The first kappa shape index (κ1) is 12.5. The molecule has 96 valence electrons. The molecule has 0 aliphatic heterocycles. The molecule has 6 heteroatoms. The van der Waals surface area contributed by atoms with Crippen molar-refractivity contribution in [2.24, 2.45) is 0 Å². The van der Waals surface area contributed by atoms with E-state index in [-0.39, 0.29) is 5.91 Å². The Bertz CT molecular complexity index is 550. The lowest BCUT2D eigenvalue weighted by atomic mass is 10.1. The lowest BCUT2D eigenvalue weighted by Crippen LogP contribution is -2.30. The van der Waals surface area contributed by atoms with Crippen molar-refractivity contribution in [3.63, 3.8) is 0 Å². The molecule has 2 N–H and O–H groups in total. The number of fused-ring (bicyclic) bond motifs is 1. The number of likely N-dealkylation sites (N-methyl/N-ethyl adjacent to an activating group) is 1. The van der Waals surface area contributed by atoms with Crippen molar-refractivity contribution in [1.29, 1.82) is 0 Å². The quantitative estimate of drug-likeness (QED) is 0.763. The molecule has 2 heterocycles. The molecule has 2 aromatic heterocycles. The van der Waals surface area contributed by atoms with Crippen LogP contribution in [0.25, 0.3) is 11.1 Å². The monoisotopic (exact) mass is 248 g/mol. The van der Waals surface area contributed by atoms with Gasteiger partial charge in [-0.15, -0.1) is 0 Å². The van der Waals surface area contributed by atoms with Crippen LogP contribution in [0.2, 0.25) is 0 Å².